The fourth-order valence-corrected chi connectivity index (χ4v) is 3.78. The predicted octanol–water partition coefficient (Wildman–Crippen LogP) is 1.61. The zero-order valence-electron chi connectivity index (χ0n) is 14.1. The molecule has 0 bridgehead atoms. The van der Waals surface area contributed by atoms with Crippen LogP contribution in [0.3, 0.4) is 0 Å². The second kappa shape index (κ2) is 5.02. The van der Waals surface area contributed by atoms with Crippen molar-refractivity contribution in [3.63, 3.8) is 0 Å². The van der Waals surface area contributed by atoms with Gasteiger partial charge in [0.05, 0.1) is 12.6 Å². The first-order valence-electron chi connectivity index (χ1n) is 7.44. The molecule has 0 saturated carbocycles. The molecule has 0 spiro atoms. The van der Waals surface area contributed by atoms with Gasteiger partial charge in [0.15, 0.2) is 20.2 Å². The summed E-state index contributed by atoms with van der Waals surface area (Å²) in [5.74, 6) is 4.80. The number of hydrogen-bond acceptors (Lipinski definition) is 5. The molecular weight excluding hydrogens is 288 g/mol. The quantitative estimate of drug-likeness (QED) is 0.476. The van der Waals surface area contributed by atoms with Crippen molar-refractivity contribution in [2.24, 2.45) is 5.84 Å². The van der Waals surface area contributed by atoms with Gasteiger partial charge in [-0.15, -0.1) is 0 Å². The Labute approximate surface area is 128 Å². The average Bonchev–Trinajstić information content (AvgIpc) is 2.60. The van der Waals surface area contributed by atoms with Gasteiger partial charge in [0.1, 0.15) is 6.10 Å². The van der Waals surface area contributed by atoms with E-state index in [1.54, 1.807) is 0 Å². The Kier molecular flexibility index (Phi) is 4.04. The summed E-state index contributed by atoms with van der Waals surface area (Å²) in [4.78, 5) is 12.2. The second-order valence-corrected chi connectivity index (χ2v) is 12.7. The standard InChI is InChI=1S/C14H28N2O4Si/c1-13(2,3)21(6,7)20-9-8-16(15)12(17)11-10(9)18-14(4,5)19-11/h9-11H,8,15H2,1-7H3/t9-,10+,11+/m1/s1. The van der Waals surface area contributed by atoms with Crippen LogP contribution in [0.2, 0.25) is 18.1 Å². The molecule has 0 aromatic carbocycles. The number of nitrogens with two attached hydrogens (primary N) is 1. The minimum Gasteiger partial charge on any atom is -0.409 e. The summed E-state index contributed by atoms with van der Waals surface area (Å²) >= 11 is 0. The Balaban J connectivity index is 2.22. The van der Waals surface area contributed by atoms with E-state index in [0.29, 0.717) is 6.54 Å². The molecule has 0 aromatic heterocycles. The molecule has 122 valence electrons. The minimum absolute atomic E-state index is 0.0817. The van der Waals surface area contributed by atoms with Crippen LogP contribution in [-0.4, -0.2) is 49.9 Å². The summed E-state index contributed by atoms with van der Waals surface area (Å²) in [6.07, 6.45) is -1.31. The van der Waals surface area contributed by atoms with Gasteiger partial charge in [0.25, 0.3) is 5.91 Å². The molecule has 3 atom stereocenters. The number of rotatable bonds is 2. The van der Waals surface area contributed by atoms with Gasteiger partial charge in [-0.2, -0.15) is 0 Å². The molecule has 2 fully saturated rings. The van der Waals surface area contributed by atoms with Crippen molar-refractivity contribution >= 4 is 14.2 Å². The fourth-order valence-electron chi connectivity index (χ4n) is 2.46. The third-order valence-electron chi connectivity index (χ3n) is 4.65. The average molecular weight is 316 g/mol. The van der Waals surface area contributed by atoms with Crippen LogP contribution in [0.4, 0.5) is 0 Å². The number of piperidine rings is 1. The monoisotopic (exact) mass is 316 g/mol. The highest BCUT2D eigenvalue weighted by Crippen LogP contribution is 2.41. The van der Waals surface area contributed by atoms with Crippen LogP contribution in [0.25, 0.3) is 0 Å². The lowest BCUT2D eigenvalue weighted by molar-refractivity contribution is -0.159. The van der Waals surface area contributed by atoms with Crippen molar-refractivity contribution in [1.82, 2.24) is 5.01 Å². The molecule has 0 unspecified atom stereocenters. The zero-order chi connectivity index (χ0) is 16.2. The molecule has 2 saturated heterocycles. The van der Waals surface area contributed by atoms with E-state index in [9.17, 15) is 4.79 Å². The van der Waals surface area contributed by atoms with Gasteiger partial charge in [0, 0.05) is 0 Å². The zero-order valence-corrected chi connectivity index (χ0v) is 15.1. The van der Waals surface area contributed by atoms with Gasteiger partial charge in [-0.25, -0.2) is 5.84 Å². The van der Waals surface area contributed by atoms with E-state index in [-0.39, 0.29) is 23.2 Å². The smallest absolute Gasteiger partial charge is 0.268 e. The van der Waals surface area contributed by atoms with Crippen molar-refractivity contribution in [2.75, 3.05) is 6.54 Å². The summed E-state index contributed by atoms with van der Waals surface area (Å²) in [7, 11) is -1.98. The van der Waals surface area contributed by atoms with Crippen LogP contribution in [0.5, 0.6) is 0 Å². The van der Waals surface area contributed by atoms with E-state index in [1.165, 1.54) is 5.01 Å². The van der Waals surface area contributed by atoms with E-state index in [0.717, 1.165) is 0 Å². The lowest BCUT2D eigenvalue weighted by Gasteiger charge is -2.44. The number of hydrogen-bond donors (Lipinski definition) is 1. The number of fused-ring (bicyclic) bond motifs is 1. The van der Waals surface area contributed by atoms with Crippen molar-refractivity contribution in [2.45, 2.75) is 76.8 Å². The van der Waals surface area contributed by atoms with Crippen LogP contribution in [-0.2, 0) is 18.7 Å². The molecule has 2 aliphatic heterocycles. The van der Waals surface area contributed by atoms with E-state index in [2.05, 4.69) is 33.9 Å². The maximum Gasteiger partial charge on any atom is 0.268 e. The van der Waals surface area contributed by atoms with Crippen LogP contribution in [0, 0.1) is 0 Å². The van der Waals surface area contributed by atoms with E-state index < -0.39 is 20.2 Å². The molecule has 7 heteroatoms. The first kappa shape index (κ1) is 16.9. The molecule has 6 nitrogen and oxygen atoms in total. The Morgan fingerprint density at radius 3 is 2.43 bits per heavy atom. The molecule has 0 aromatic rings. The van der Waals surface area contributed by atoms with Gasteiger partial charge in [-0.1, -0.05) is 20.8 Å². The number of ether oxygens (including phenoxy) is 2. The predicted molar refractivity (Wildman–Crippen MR) is 81.8 cm³/mol. The second-order valence-electron chi connectivity index (χ2n) is 7.93. The minimum atomic E-state index is -1.98. The van der Waals surface area contributed by atoms with E-state index in [1.807, 2.05) is 13.8 Å². The Hall–Kier alpha value is -0.473. The Bertz CT molecular complexity index is 433. The van der Waals surface area contributed by atoms with Gasteiger partial charge in [-0.3, -0.25) is 9.80 Å². The number of amides is 1. The van der Waals surface area contributed by atoms with Crippen LogP contribution >= 0.6 is 0 Å². The highest BCUT2D eigenvalue weighted by atomic mass is 28.4. The summed E-state index contributed by atoms with van der Waals surface area (Å²) in [6, 6.07) is 0. The summed E-state index contributed by atoms with van der Waals surface area (Å²) in [5, 5.41) is 1.28. The first-order valence-corrected chi connectivity index (χ1v) is 10.3. The van der Waals surface area contributed by atoms with Gasteiger partial charge in [-0.05, 0) is 32.0 Å². The Morgan fingerprint density at radius 1 is 1.33 bits per heavy atom. The van der Waals surface area contributed by atoms with Crippen LogP contribution in [0.15, 0.2) is 0 Å². The lowest BCUT2D eigenvalue weighted by atomic mass is 10.0. The van der Waals surface area contributed by atoms with Crippen LogP contribution in [0.1, 0.15) is 34.6 Å². The molecule has 1 amide bonds. The fraction of sp³-hybridized carbons (Fsp3) is 0.929. The summed E-state index contributed by atoms with van der Waals surface area (Å²) < 4.78 is 18.1. The first-order chi connectivity index (χ1) is 9.34. The lowest BCUT2D eigenvalue weighted by Crippen LogP contribution is -2.63. The van der Waals surface area contributed by atoms with Gasteiger partial charge < -0.3 is 13.9 Å². The van der Waals surface area contributed by atoms with Crippen molar-refractivity contribution in [1.29, 1.82) is 0 Å². The van der Waals surface area contributed by atoms with E-state index >= 15 is 0 Å². The highest BCUT2D eigenvalue weighted by molar-refractivity contribution is 6.74. The Morgan fingerprint density at radius 2 is 1.90 bits per heavy atom. The van der Waals surface area contributed by atoms with E-state index in [4.69, 9.17) is 19.7 Å². The number of carbonyl (C=O) groups is 1. The molecule has 2 N–H and O–H groups in total. The van der Waals surface area contributed by atoms with Crippen LogP contribution < -0.4 is 5.84 Å². The highest BCUT2D eigenvalue weighted by Gasteiger charge is 2.55. The molecule has 2 heterocycles. The van der Waals surface area contributed by atoms with Crippen molar-refractivity contribution in [3.05, 3.63) is 0 Å². The third-order valence-corrected chi connectivity index (χ3v) is 9.16. The van der Waals surface area contributed by atoms with Gasteiger partial charge in [0.2, 0.25) is 0 Å². The molecule has 0 radical (unpaired) electrons. The molecule has 2 rings (SSSR count). The SMILES string of the molecule is CC1(C)O[C@@H]2[C@H](O1)C(=O)N(N)C[C@H]2O[Si](C)(C)C(C)(C)C. The maximum atomic E-state index is 12.2. The molecule has 2 aliphatic rings. The maximum absolute atomic E-state index is 12.2. The largest absolute Gasteiger partial charge is 0.409 e. The molecule has 0 aliphatic carbocycles. The molecule has 21 heavy (non-hydrogen) atoms. The summed E-state index contributed by atoms with van der Waals surface area (Å²) in [6.45, 7) is 14.9. The topological polar surface area (TPSA) is 74.0 Å². The normalized spacial score (nSPS) is 33.2. The number of nitrogens with zero attached hydrogens (tertiary/aromatic N) is 1. The van der Waals surface area contributed by atoms with Crippen molar-refractivity contribution < 1.29 is 18.7 Å². The molecular formula is C14H28N2O4Si. The number of hydrazine groups is 1. The summed E-state index contributed by atoms with van der Waals surface area (Å²) in [5.41, 5.74) is 0. The van der Waals surface area contributed by atoms with Gasteiger partial charge >= 0.3 is 0 Å². The van der Waals surface area contributed by atoms with Crippen molar-refractivity contribution in [3.8, 4) is 0 Å². The number of carbonyl (C=O) groups excluding carboxylic acids is 1. The third kappa shape index (κ3) is 3.17.